The average Bonchev–Trinajstić information content (AvgIpc) is 2.21. The van der Waals surface area contributed by atoms with Gasteiger partial charge >= 0.3 is 0 Å². The van der Waals surface area contributed by atoms with E-state index in [1.54, 1.807) is 0 Å². The van der Waals surface area contributed by atoms with E-state index in [1.807, 2.05) is 31.2 Å². The zero-order valence-electron chi connectivity index (χ0n) is 9.53. The molecule has 0 aromatic heterocycles. The topological polar surface area (TPSA) is 33.0 Å². The summed E-state index contributed by atoms with van der Waals surface area (Å²) in [6, 6.07) is 10.1. The normalized spacial score (nSPS) is 12.2. The monoisotopic (exact) mass is 203 g/mol. The summed E-state index contributed by atoms with van der Waals surface area (Å²) in [7, 11) is 0. The van der Waals surface area contributed by atoms with Gasteiger partial charge in [0.05, 0.1) is 18.6 Å². The maximum Gasteiger partial charge on any atom is 0.119 e. The van der Waals surface area contributed by atoms with Gasteiger partial charge in [0, 0.05) is 0 Å². The molecule has 1 rings (SSSR count). The molecule has 1 unspecified atom stereocenters. The van der Waals surface area contributed by atoms with Crippen LogP contribution in [0.1, 0.15) is 32.3 Å². The van der Waals surface area contributed by atoms with Crippen LogP contribution in [0.15, 0.2) is 24.3 Å². The summed E-state index contributed by atoms with van der Waals surface area (Å²) >= 11 is 0. The Labute approximate surface area is 91.5 Å². The van der Waals surface area contributed by atoms with Crippen molar-refractivity contribution in [1.29, 1.82) is 5.26 Å². The third-order valence-electron chi connectivity index (χ3n) is 2.36. The molecule has 0 radical (unpaired) electrons. The fourth-order valence-electron chi connectivity index (χ4n) is 1.55. The SMILES string of the molecule is CCOc1ccc(C(C#N)C(C)C)cc1. The second kappa shape index (κ2) is 5.41. The van der Waals surface area contributed by atoms with Gasteiger partial charge in [-0.25, -0.2) is 0 Å². The quantitative estimate of drug-likeness (QED) is 0.751. The van der Waals surface area contributed by atoms with Crippen molar-refractivity contribution in [2.24, 2.45) is 5.92 Å². The van der Waals surface area contributed by atoms with Gasteiger partial charge in [-0.2, -0.15) is 5.26 Å². The molecule has 15 heavy (non-hydrogen) atoms. The van der Waals surface area contributed by atoms with Gasteiger partial charge in [-0.05, 0) is 30.5 Å². The highest BCUT2D eigenvalue weighted by Crippen LogP contribution is 2.25. The third-order valence-corrected chi connectivity index (χ3v) is 2.36. The fraction of sp³-hybridized carbons (Fsp3) is 0.462. The number of hydrogen-bond acceptors (Lipinski definition) is 2. The minimum atomic E-state index is -0.0272. The summed E-state index contributed by atoms with van der Waals surface area (Å²) in [5.74, 6) is 1.18. The van der Waals surface area contributed by atoms with E-state index in [0.717, 1.165) is 11.3 Å². The number of nitrogens with zero attached hydrogens (tertiary/aromatic N) is 1. The van der Waals surface area contributed by atoms with Crippen molar-refractivity contribution in [2.75, 3.05) is 6.61 Å². The number of nitriles is 1. The summed E-state index contributed by atoms with van der Waals surface area (Å²) in [4.78, 5) is 0. The van der Waals surface area contributed by atoms with Crippen molar-refractivity contribution in [3.8, 4) is 11.8 Å². The molecule has 2 heteroatoms. The Bertz CT molecular complexity index is 335. The largest absolute Gasteiger partial charge is 0.494 e. The van der Waals surface area contributed by atoms with Crippen molar-refractivity contribution in [3.05, 3.63) is 29.8 Å². The minimum Gasteiger partial charge on any atom is -0.494 e. The number of hydrogen-bond donors (Lipinski definition) is 0. The molecule has 2 nitrogen and oxygen atoms in total. The van der Waals surface area contributed by atoms with Crippen LogP contribution >= 0.6 is 0 Å². The highest BCUT2D eigenvalue weighted by molar-refractivity contribution is 5.32. The second-order valence-corrected chi connectivity index (χ2v) is 3.85. The maximum absolute atomic E-state index is 9.04. The standard InChI is InChI=1S/C13H17NO/c1-4-15-12-7-5-11(6-8-12)13(9-14)10(2)3/h5-8,10,13H,4H2,1-3H3. The number of ether oxygens (including phenoxy) is 1. The smallest absolute Gasteiger partial charge is 0.119 e. The van der Waals surface area contributed by atoms with Crippen LogP contribution in [0.3, 0.4) is 0 Å². The van der Waals surface area contributed by atoms with E-state index in [9.17, 15) is 0 Å². The lowest BCUT2D eigenvalue weighted by atomic mass is 9.90. The minimum absolute atomic E-state index is 0.0272. The van der Waals surface area contributed by atoms with Crippen LogP contribution in [0, 0.1) is 17.2 Å². The Balaban J connectivity index is 2.83. The van der Waals surface area contributed by atoms with Crippen LogP contribution in [0.5, 0.6) is 5.75 Å². The van der Waals surface area contributed by atoms with E-state index in [0.29, 0.717) is 12.5 Å². The van der Waals surface area contributed by atoms with Crippen LogP contribution in [-0.4, -0.2) is 6.61 Å². The molecule has 0 saturated carbocycles. The first kappa shape index (κ1) is 11.6. The van der Waals surface area contributed by atoms with Crippen LogP contribution in [0.2, 0.25) is 0 Å². The lowest BCUT2D eigenvalue weighted by molar-refractivity contribution is 0.340. The highest BCUT2D eigenvalue weighted by Gasteiger charge is 2.14. The van der Waals surface area contributed by atoms with Crippen molar-refractivity contribution in [3.63, 3.8) is 0 Å². The molecule has 0 bridgehead atoms. The van der Waals surface area contributed by atoms with Crippen LogP contribution < -0.4 is 4.74 Å². The molecule has 80 valence electrons. The lowest BCUT2D eigenvalue weighted by Crippen LogP contribution is -2.03. The van der Waals surface area contributed by atoms with E-state index in [2.05, 4.69) is 19.9 Å². The van der Waals surface area contributed by atoms with Crippen molar-refractivity contribution in [1.82, 2.24) is 0 Å². The molecular weight excluding hydrogens is 186 g/mol. The van der Waals surface area contributed by atoms with Crippen molar-refractivity contribution < 1.29 is 4.74 Å². The first-order valence-electron chi connectivity index (χ1n) is 5.31. The molecule has 0 aliphatic heterocycles. The molecule has 1 aromatic rings. The Morgan fingerprint density at radius 3 is 2.27 bits per heavy atom. The van der Waals surface area contributed by atoms with Gasteiger partial charge in [0.15, 0.2) is 0 Å². The van der Waals surface area contributed by atoms with Gasteiger partial charge in [0.25, 0.3) is 0 Å². The van der Waals surface area contributed by atoms with Gasteiger partial charge < -0.3 is 4.74 Å². The Hall–Kier alpha value is -1.49. The summed E-state index contributed by atoms with van der Waals surface area (Å²) in [5.41, 5.74) is 1.07. The van der Waals surface area contributed by atoms with Crippen LogP contribution in [0.25, 0.3) is 0 Å². The Morgan fingerprint density at radius 1 is 1.27 bits per heavy atom. The third kappa shape index (κ3) is 2.99. The maximum atomic E-state index is 9.04. The summed E-state index contributed by atoms with van der Waals surface area (Å²) in [6.45, 7) is 6.75. The molecule has 0 spiro atoms. The van der Waals surface area contributed by atoms with E-state index in [4.69, 9.17) is 10.00 Å². The Morgan fingerprint density at radius 2 is 1.87 bits per heavy atom. The van der Waals surface area contributed by atoms with Gasteiger partial charge in [-0.15, -0.1) is 0 Å². The van der Waals surface area contributed by atoms with Gasteiger partial charge in [0.2, 0.25) is 0 Å². The van der Waals surface area contributed by atoms with Crippen LogP contribution in [0.4, 0.5) is 0 Å². The van der Waals surface area contributed by atoms with E-state index in [-0.39, 0.29) is 5.92 Å². The molecule has 1 aromatic carbocycles. The van der Waals surface area contributed by atoms with E-state index in [1.165, 1.54) is 0 Å². The fourth-order valence-corrected chi connectivity index (χ4v) is 1.55. The van der Waals surface area contributed by atoms with Crippen LogP contribution in [-0.2, 0) is 0 Å². The predicted octanol–water partition coefficient (Wildman–Crippen LogP) is 3.35. The van der Waals surface area contributed by atoms with E-state index >= 15 is 0 Å². The summed E-state index contributed by atoms with van der Waals surface area (Å²) < 4.78 is 5.35. The molecule has 0 fully saturated rings. The lowest BCUT2D eigenvalue weighted by Gasteiger charge is -2.13. The molecule has 0 amide bonds. The first-order valence-corrected chi connectivity index (χ1v) is 5.31. The van der Waals surface area contributed by atoms with Crippen molar-refractivity contribution in [2.45, 2.75) is 26.7 Å². The zero-order chi connectivity index (χ0) is 11.3. The number of rotatable bonds is 4. The zero-order valence-corrected chi connectivity index (χ0v) is 9.53. The highest BCUT2D eigenvalue weighted by atomic mass is 16.5. The molecule has 0 heterocycles. The van der Waals surface area contributed by atoms with Gasteiger partial charge in [0.1, 0.15) is 5.75 Å². The molecule has 1 atom stereocenters. The van der Waals surface area contributed by atoms with E-state index < -0.39 is 0 Å². The summed E-state index contributed by atoms with van der Waals surface area (Å²) in [5, 5.41) is 9.04. The Kier molecular flexibility index (Phi) is 4.17. The molecule has 0 N–H and O–H groups in total. The molecular formula is C13H17NO. The number of benzene rings is 1. The van der Waals surface area contributed by atoms with Crippen molar-refractivity contribution >= 4 is 0 Å². The summed E-state index contributed by atoms with van der Waals surface area (Å²) in [6.07, 6.45) is 0. The molecule has 0 aliphatic rings. The predicted molar refractivity (Wildman–Crippen MR) is 60.8 cm³/mol. The second-order valence-electron chi connectivity index (χ2n) is 3.85. The molecule has 0 saturated heterocycles. The average molecular weight is 203 g/mol. The molecule has 0 aliphatic carbocycles. The van der Waals surface area contributed by atoms with Gasteiger partial charge in [-0.3, -0.25) is 0 Å². The van der Waals surface area contributed by atoms with Gasteiger partial charge in [-0.1, -0.05) is 26.0 Å². The first-order chi connectivity index (χ1) is 7.19.